The van der Waals surface area contributed by atoms with E-state index >= 15 is 0 Å². The molecule has 0 unspecified atom stereocenters. The molecule has 0 saturated carbocycles. The van der Waals surface area contributed by atoms with Crippen molar-refractivity contribution in [1.29, 1.82) is 0 Å². The van der Waals surface area contributed by atoms with Gasteiger partial charge in [0.25, 0.3) is 0 Å². The van der Waals surface area contributed by atoms with Crippen molar-refractivity contribution < 1.29 is 19.8 Å². The Hall–Kier alpha value is -0.160. The van der Waals surface area contributed by atoms with E-state index in [1.807, 2.05) is 13.8 Å². The molecular weight excluding hydrogens is 170 g/mol. The average molecular weight is 188 g/mol. The number of ether oxygens (including phenoxy) is 1. The molecule has 2 saturated heterocycles. The molecule has 76 valence electrons. The minimum atomic E-state index is -0.440. The molecule has 13 heavy (non-hydrogen) atoms. The van der Waals surface area contributed by atoms with Crippen LogP contribution in [0.15, 0.2) is 0 Å². The summed E-state index contributed by atoms with van der Waals surface area (Å²) in [6.07, 6.45) is 1.84. The predicted octanol–water partition coefficient (Wildman–Crippen LogP) is -0.203. The Morgan fingerprint density at radius 1 is 1.08 bits per heavy atom. The van der Waals surface area contributed by atoms with Crippen LogP contribution >= 0.6 is 0 Å². The summed E-state index contributed by atoms with van der Waals surface area (Å²) in [6, 6.07) is 0. The van der Waals surface area contributed by atoms with E-state index in [4.69, 9.17) is 14.5 Å². The van der Waals surface area contributed by atoms with Crippen LogP contribution in [0.1, 0.15) is 26.7 Å². The SMILES string of the molecule is CC1(C)COC2(CC[NH2+]CC2)OO1. The molecule has 2 heterocycles. The van der Waals surface area contributed by atoms with Gasteiger partial charge in [0.1, 0.15) is 5.60 Å². The van der Waals surface area contributed by atoms with E-state index in [2.05, 4.69) is 5.32 Å². The molecule has 0 aromatic carbocycles. The lowest BCUT2D eigenvalue weighted by Gasteiger charge is -2.42. The lowest BCUT2D eigenvalue weighted by Crippen LogP contribution is -2.88. The summed E-state index contributed by atoms with van der Waals surface area (Å²) in [5.41, 5.74) is -0.299. The molecule has 0 atom stereocenters. The van der Waals surface area contributed by atoms with Crippen molar-refractivity contribution in [3.8, 4) is 0 Å². The van der Waals surface area contributed by atoms with Crippen LogP contribution in [0.2, 0.25) is 0 Å². The van der Waals surface area contributed by atoms with Crippen LogP contribution < -0.4 is 5.32 Å². The highest BCUT2D eigenvalue weighted by atomic mass is 17.2. The second-order valence-corrected chi connectivity index (χ2v) is 4.49. The molecule has 1 spiro atoms. The molecule has 0 aliphatic carbocycles. The van der Waals surface area contributed by atoms with Crippen molar-refractivity contribution in [2.24, 2.45) is 0 Å². The summed E-state index contributed by atoms with van der Waals surface area (Å²) < 4.78 is 5.75. The average Bonchev–Trinajstić information content (AvgIpc) is 2.13. The van der Waals surface area contributed by atoms with Crippen molar-refractivity contribution in [1.82, 2.24) is 0 Å². The van der Waals surface area contributed by atoms with Gasteiger partial charge in [-0.2, -0.15) is 4.89 Å². The topological polar surface area (TPSA) is 44.3 Å². The molecule has 0 bridgehead atoms. The fourth-order valence-electron chi connectivity index (χ4n) is 1.68. The second-order valence-electron chi connectivity index (χ2n) is 4.49. The van der Waals surface area contributed by atoms with Crippen LogP contribution in [0, 0.1) is 0 Å². The number of hydrogen-bond acceptors (Lipinski definition) is 3. The van der Waals surface area contributed by atoms with Gasteiger partial charge in [0, 0.05) is 0 Å². The van der Waals surface area contributed by atoms with E-state index in [1.165, 1.54) is 0 Å². The van der Waals surface area contributed by atoms with Gasteiger partial charge in [0.15, 0.2) is 0 Å². The highest BCUT2D eigenvalue weighted by Gasteiger charge is 2.44. The Bertz CT molecular complexity index is 175. The standard InChI is InChI=1S/C9H17NO3/c1-8(2)7-11-9(13-12-8)3-5-10-6-4-9/h10H,3-7H2,1-2H3/p+1. The summed E-state index contributed by atoms with van der Waals surface area (Å²) in [5, 5.41) is 2.28. The number of rotatable bonds is 0. The Morgan fingerprint density at radius 2 is 1.77 bits per heavy atom. The van der Waals surface area contributed by atoms with Crippen LogP contribution in [-0.4, -0.2) is 31.1 Å². The summed E-state index contributed by atoms with van der Waals surface area (Å²) in [6.45, 7) is 6.67. The zero-order chi connectivity index (χ0) is 9.36. The molecular formula is C9H18NO3+. The van der Waals surface area contributed by atoms with Gasteiger partial charge in [-0.05, 0) is 13.8 Å². The van der Waals surface area contributed by atoms with E-state index in [-0.39, 0.29) is 5.60 Å². The Balaban J connectivity index is 1.95. The maximum atomic E-state index is 5.75. The van der Waals surface area contributed by atoms with Crippen molar-refractivity contribution >= 4 is 0 Å². The van der Waals surface area contributed by atoms with Gasteiger partial charge in [0.05, 0.1) is 32.5 Å². The van der Waals surface area contributed by atoms with Crippen molar-refractivity contribution in [3.05, 3.63) is 0 Å². The van der Waals surface area contributed by atoms with Gasteiger partial charge in [-0.1, -0.05) is 0 Å². The summed E-state index contributed by atoms with van der Waals surface area (Å²) in [4.78, 5) is 10.7. The van der Waals surface area contributed by atoms with Crippen LogP contribution in [0.3, 0.4) is 0 Å². The van der Waals surface area contributed by atoms with Gasteiger partial charge in [-0.3, -0.25) is 0 Å². The lowest BCUT2D eigenvalue weighted by molar-refractivity contribution is -0.683. The molecule has 2 rings (SSSR count). The molecule has 2 aliphatic rings. The number of quaternary nitrogens is 1. The summed E-state index contributed by atoms with van der Waals surface area (Å²) in [7, 11) is 0. The lowest BCUT2D eigenvalue weighted by atomic mass is 10.0. The van der Waals surface area contributed by atoms with Crippen LogP contribution in [-0.2, 0) is 14.5 Å². The molecule has 0 radical (unpaired) electrons. The third-order valence-corrected chi connectivity index (χ3v) is 2.56. The van der Waals surface area contributed by atoms with Gasteiger partial charge >= 0.3 is 0 Å². The number of nitrogens with two attached hydrogens (primary N) is 1. The molecule has 0 amide bonds. The summed E-state index contributed by atoms with van der Waals surface area (Å²) in [5.74, 6) is -0.440. The number of piperidine rings is 1. The highest BCUT2D eigenvalue weighted by Crippen LogP contribution is 2.31. The van der Waals surface area contributed by atoms with E-state index in [9.17, 15) is 0 Å². The highest BCUT2D eigenvalue weighted by molar-refractivity contribution is 4.77. The van der Waals surface area contributed by atoms with Gasteiger partial charge in [-0.25, -0.2) is 4.89 Å². The zero-order valence-electron chi connectivity index (χ0n) is 8.34. The van der Waals surface area contributed by atoms with Crippen molar-refractivity contribution in [2.75, 3.05) is 19.7 Å². The maximum Gasteiger partial charge on any atom is 0.212 e. The Labute approximate surface area is 78.5 Å². The first-order valence-electron chi connectivity index (χ1n) is 4.94. The molecule has 0 aromatic rings. The van der Waals surface area contributed by atoms with E-state index in [0.717, 1.165) is 25.9 Å². The third-order valence-electron chi connectivity index (χ3n) is 2.56. The van der Waals surface area contributed by atoms with Gasteiger partial charge < -0.3 is 10.1 Å². The minimum Gasteiger partial charge on any atom is -0.346 e. The first-order chi connectivity index (χ1) is 6.12. The summed E-state index contributed by atoms with van der Waals surface area (Å²) >= 11 is 0. The quantitative estimate of drug-likeness (QED) is 0.535. The molecule has 2 aliphatic heterocycles. The second kappa shape index (κ2) is 3.20. The van der Waals surface area contributed by atoms with Crippen molar-refractivity contribution in [3.63, 3.8) is 0 Å². The van der Waals surface area contributed by atoms with Gasteiger partial charge in [0.2, 0.25) is 5.79 Å². The van der Waals surface area contributed by atoms with Crippen LogP contribution in [0.5, 0.6) is 0 Å². The molecule has 0 aromatic heterocycles. The van der Waals surface area contributed by atoms with Crippen LogP contribution in [0.25, 0.3) is 0 Å². The Morgan fingerprint density at radius 3 is 2.31 bits per heavy atom. The first-order valence-corrected chi connectivity index (χ1v) is 4.94. The smallest absolute Gasteiger partial charge is 0.212 e. The molecule has 4 heteroatoms. The predicted molar refractivity (Wildman–Crippen MR) is 45.8 cm³/mol. The molecule has 4 nitrogen and oxygen atoms in total. The van der Waals surface area contributed by atoms with Crippen LogP contribution in [0.4, 0.5) is 0 Å². The maximum absolute atomic E-state index is 5.75. The fourth-order valence-corrected chi connectivity index (χ4v) is 1.68. The van der Waals surface area contributed by atoms with E-state index in [1.54, 1.807) is 0 Å². The van der Waals surface area contributed by atoms with E-state index in [0.29, 0.717) is 6.61 Å². The first kappa shape index (κ1) is 9.40. The Kier molecular flexibility index (Phi) is 2.32. The fraction of sp³-hybridized carbons (Fsp3) is 1.00. The van der Waals surface area contributed by atoms with Crippen molar-refractivity contribution in [2.45, 2.75) is 38.1 Å². The largest absolute Gasteiger partial charge is 0.346 e. The minimum absolute atomic E-state index is 0.299. The third kappa shape index (κ3) is 2.02. The molecule has 2 fully saturated rings. The van der Waals surface area contributed by atoms with E-state index < -0.39 is 5.79 Å². The zero-order valence-corrected chi connectivity index (χ0v) is 8.34. The van der Waals surface area contributed by atoms with Gasteiger partial charge in [-0.15, -0.1) is 0 Å². The number of hydrogen-bond donors (Lipinski definition) is 1. The normalized spacial score (nSPS) is 31.8. The molecule has 2 N–H and O–H groups in total. The monoisotopic (exact) mass is 188 g/mol.